The highest BCUT2D eigenvalue weighted by atomic mass is 35.5. The molecule has 0 bridgehead atoms. The molecule has 0 aliphatic rings. The van der Waals surface area contributed by atoms with E-state index in [9.17, 15) is 9.59 Å². The lowest BCUT2D eigenvalue weighted by Gasteiger charge is -2.24. The Morgan fingerprint density at radius 2 is 1.68 bits per heavy atom. The van der Waals surface area contributed by atoms with Gasteiger partial charge < -0.3 is 29.8 Å². The molecule has 0 radical (unpaired) electrons. The lowest BCUT2D eigenvalue weighted by molar-refractivity contribution is -0.109. The van der Waals surface area contributed by atoms with Crippen LogP contribution in [0.15, 0.2) is 42.5 Å². The molecule has 10 nitrogen and oxygen atoms in total. The van der Waals surface area contributed by atoms with Crippen molar-refractivity contribution in [1.29, 1.82) is 0 Å². The van der Waals surface area contributed by atoms with E-state index in [0.29, 0.717) is 56.3 Å². The summed E-state index contributed by atoms with van der Waals surface area (Å²) in [6.45, 7) is 14.2. The molecule has 0 spiro atoms. The van der Waals surface area contributed by atoms with Gasteiger partial charge in [-0.05, 0) is 131 Å². The van der Waals surface area contributed by atoms with E-state index in [1.807, 2.05) is 70.6 Å². The number of aliphatic hydroxyl groups excluding tert-OH is 1. The second kappa shape index (κ2) is 20.5. The summed E-state index contributed by atoms with van der Waals surface area (Å²) in [5, 5.41) is 20.6. The number of halogens is 2. The molecule has 2 aromatic heterocycles. The zero-order valence-electron chi connectivity index (χ0n) is 34.0. The van der Waals surface area contributed by atoms with E-state index in [0.717, 1.165) is 103 Å². The van der Waals surface area contributed by atoms with Crippen LogP contribution in [0.2, 0.25) is 10.0 Å². The van der Waals surface area contributed by atoms with Gasteiger partial charge in [0.2, 0.25) is 6.41 Å². The van der Waals surface area contributed by atoms with E-state index in [2.05, 4.69) is 46.4 Å². The third-order valence-corrected chi connectivity index (χ3v) is 10.7. The van der Waals surface area contributed by atoms with Gasteiger partial charge in [0, 0.05) is 79.8 Å². The van der Waals surface area contributed by atoms with Crippen LogP contribution in [0.4, 0.5) is 5.69 Å². The molecule has 56 heavy (non-hydrogen) atoms. The van der Waals surface area contributed by atoms with Crippen molar-refractivity contribution in [3.8, 4) is 16.9 Å². The van der Waals surface area contributed by atoms with Crippen LogP contribution in [0.5, 0.6) is 5.75 Å². The normalized spacial score (nSPS) is 12.0. The van der Waals surface area contributed by atoms with Crippen molar-refractivity contribution in [2.45, 2.75) is 73.4 Å². The second-order valence-corrected chi connectivity index (χ2v) is 14.8. The van der Waals surface area contributed by atoms with Crippen molar-refractivity contribution in [1.82, 2.24) is 19.7 Å². The van der Waals surface area contributed by atoms with E-state index in [1.165, 1.54) is 0 Å². The average Bonchev–Trinajstić information content (AvgIpc) is 3.65. The number of nitrogens with zero attached hydrogens (tertiary/aromatic N) is 3. The number of benzene rings is 3. The molecule has 0 fully saturated rings. The molecule has 0 aliphatic carbocycles. The van der Waals surface area contributed by atoms with Gasteiger partial charge in [-0.15, -0.1) is 0 Å². The molecule has 3 aromatic carbocycles. The number of aromatic nitrogens is 3. The van der Waals surface area contributed by atoms with Gasteiger partial charge in [0.15, 0.2) is 6.29 Å². The Labute approximate surface area is 340 Å². The fourth-order valence-electron chi connectivity index (χ4n) is 7.25. The third-order valence-electron chi connectivity index (χ3n) is 9.81. The number of fused-ring (bicyclic) bond motifs is 1. The topological polar surface area (TPSA) is 120 Å². The highest BCUT2D eigenvalue weighted by Crippen LogP contribution is 2.44. The Morgan fingerprint density at radius 3 is 2.30 bits per heavy atom. The number of aliphatic hydroxyl groups is 1. The van der Waals surface area contributed by atoms with E-state index >= 15 is 0 Å². The SMILES string of the molecule is CO.COCCCn1c(C=O)cc2cc(C)cc(/C=C(\CCCOc3cc(C)c(Cl)c(C)c3)c3ccc(Cl)c(-c4c(C)nn(C)c4C)c3N[C@H](C)CNC=O)c21. The maximum Gasteiger partial charge on any atom is 0.207 e. The lowest BCUT2D eigenvalue weighted by atomic mass is 9.91. The number of carbonyl (C=O) groups is 2. The summed E-state index contributed by atoms with van der Waals surface area (Å²) in [4.78, 5) is 23.7. The number of amides is 1. The van der Waals surface area contributed by atoms with Crippen molar-refractivity contribution >= 4 is 64.1 Å². The molecule has 0 unspecified atom stereocenters. The van der Waals surface area contributed by atoms with Gasteiger partial charge >= 0.3 is 0 Å². The van der Waals surface area contributed by atoms with Gasteiger partial charge in [-0.2, -0.15) is 5.10 Å². The molecule has 3 N–H and O–H groups in total. The predicted octanol–water partition coefficient (Wildman–Crippen LogP) is 9.29. The molecule has 1 amide bonds. The first-order valence-electron chi connectivity index (χ1n) is 18.8. The second-order valence-electron chi connectivity index (χ2n) is 14.1. The molecule has 0 aliphatic heterocycles. The summed E-state index contributed by atoms with van der Waals surface area (Å²) in [6, 6.07) is 14.1. The van der Waals surface area contributed by atoms with Crippen molar-refractivity contribution < 1.29 is 24.2 Å². The van der Waals surface area contributed by atoms with Gasteiger partial charge in [-0.1, -0.05) is 29.3 Å². The maximum absolute atomic E-state index is 12.4. The number of nitrogens with one attached hydrogen (secondary N) is 2. The van der Waals surface area contributed by atoms with Crippen LogP contribution >= 0.6 is 23.2 Å². The Balaban J connectivity index is 0.00000342. The standard InChI is InChI=1S/C43H51Cl2N5O4.CH4O/c1-26-17-33(43-34(18-26)22-35(24-51)50(43)14-10-15-53-8)21-32(11-9-16-54-36-19-27(2)41(45)28(3)20-36)37-12-13-38(44)40(39-30(5)48-49(7)31(39)6)42(37)47-29(4)23-46-25-52;1-2/h12-13,17-22,24-25,29,47H,9-11,14-16,23H2,1-8H3,(H,46,52);2H,1H3/b32-21+;/t29-;/m1./s1. The molecular weight excluding hydrogens is 749 g/mol. The minimum atomic E-state index is -0.136. The van der Waals surface area contributed by atoms with Crippen molar-refractivity contribution in [2.75, 3.05) is 39.3 Å². The highest BCUT2D eigenvalue weighted by Gasteiger charge is 2.24. The van der Waals surface area contributed by atoms with Crippen LogP contribution in [0, 0.1) is 34.6 Å². The third kappa shape index (κ3) is 10.2. The summed E-state index contributed by atoms with van der Waals surface area (Å²) < 4.78 is 15.6. The van der Waals surface area contributed by atoms with E-state index in [4.69, 9.17) is 42.9 Å². The number of anilines is 1. The van der Waals surface area contributed by atoms with Gasteiger partial charge in [-0.25, -0.2) is 0 Å². The van der Waals surface area contributed by atoms with E-state index in [1.54, 1.807) is 7.11 Å². The molecule has 1 atom stereocenters. The first-order chi connectivity index (χ1) is 26.9. The Morgan fingerprint density at radius 1 is 0.964 bits per heavy atom. The van der Waals surface area contributed by atoms with Crippen LogP contribution in [0.25, 0.3) is 33.7 Å². The van der Waals surface area contributed by atoms with E-state index < -0.39 is 0 Å². The molecule has 0 saturated carbocycles. The minimum Gasteiger partial charge on any atom is -0.494 e. The molecule has 5 rings (SSSR count). The average molecular weight is 805 g/mol. The minimum absolute atomic E-state index is 0.136. The van der Waals surface area contributed by atoms with Gasteiger partial charge in [-0.3, -0.25) is 14.3 Å². The van der Waals surface area contributed by atoms with Crippen molar-refractivity contribution in [3.05, 3.63) is 97.4 Å². The number of allylic oxidation sites excluding steroid dienone is 1. The quantitative estimate of drug-likeness (QED) is 0.0459. The molecule has 5 aromatic rings. The van der Waals surface area contributed by atoms with Crippen molar-refractivity contribution in [3.63, 3.8) is 0 Å². The number of aryl methyl sites for hydroxylation is 6. The zero-order chi connectivity index (χ0) is 41.1. The van der Waals surface area contributed by atoms with Crippen LogP contribution in [-0.2, 0) is 23.1 Å². The van der Waals surface area contributed by atoms with Crippen LogP contribution in [0.3, 0.4) is 0 Å². The number of ether oxygens (including phenoxy) is 2. The van der Waals surface area contributed by atoms with Gasteiger partial charge in [0.1, 0.15) is 5.75 Å². The first kappa shape index (κ1) is 44.1. The van der Waals surface area contributed by atoms with Crippen LogP contribution in [-0.4, -0.2) is 72.2 Å². The summed E-state index contributed by atoms with van der Waals surface area (Å²) in [6.07, 6.45) is 6.00. The van der Waals surface area contributed by atoms with Crippen molar-refractivity contribution in [2.24, 2.45) is 7.05 Å². The molecular formula is C44H55Cl2N5O5. The number of aldehydes is 1. The fraction of sp³-hybridized carbons (Fsp3) is 0.386. The largest absolute Gasteiger partial charge is 0.494 e. The smallest absolute Gasteiger partial charge is 0.207 e. The van der Waals surface area contributed by atoms with Gasteiger partial charge in [0.05, 0.1) is 34.2 Å². The summed E-state index contributed by atoms with van der Waals surface area (Å²) in [5.41, 5.74) is 12.2. The Hall–Kier alpha value is -4.61. The van der Waals surface area contributed by atoms with Crippen LogP contribution in [0.1, 0.15) is 75.9 Å². The number of rotatable bonds is 18. The summed E-state index contributed by atoms with van der Waals surface area (Å²) >= 11 is 13.6. The first-order valence-corrected chi connectivity index (χ1v) is 19.5. The lowest BCUT2D eigenvalue weighted by Crippen LogP contribution is -2.30. The molecule has 2 heterocycles. The number of hydrogen-bond acceptors (Lipinski definition) is 7. The van der Waals surface area contributed by atoms with Crippen LogP contribution < -0.4 is 15.4 Å². The molecule has 0 saturated heterocycles. The number of carbonyl (C=O) groups excluding carboxylic acids is 2. The van der Waals surface area contributed by atoms with Gasteiger partial charge in [0.25, 0.3) is 0 Å². The number of methoxy groups -OCH3 is 1. The highest BCUT2D eigenvalue weighted by molar-refractivity contribution is 6.34. The monoisotopic (exact) mass is 803 g/mol. The fourth-order valence-corrected chi connectivity index (χ4v) is 7.61. The Kier molecular flexibility index (Phi) is 16.2. The number of hydrogen-bond donors (Lipinski definition) is 3. The maximum atomic E-state index is 12.4. The predicted molar refractivity (Wildman–Crippen MR) is 231 cm³/mol. The summed E-state index contributed by atoms with van der Waals surface area (Å²) in [5.74, 6) is 0.783. The zero-order valence-corrected chi connectivity index (χ0v) is 35.5. The Bertz CT molecular complexity index is 2170. The molecule has 12 heteroatoms. The van der Waals surface area contributed by atoms with E-state index in [-0.39, 0.29) is 6.04 Å². The molecule has 300 valence electrons. The summed E-state index contributed by atoms with van der Waals surface area (Å²) in [7, 11) is 4.62.